The SMILES string of the molecule is C[C@H](CCC(=O)[O-])[C@H]1CC[C@@H]2[C@@H]3C(=O)C[C@@H]4CC(=O)CC[C@]4(C)[C@@H]3CC(=O)[C@@]21C. The van der Waals surface area contributed by atoms with Crippen LogP contribution in [0.1, 0.15) is 78.6 Å². The number of fused-ring (bicyclic) bond motifs is 5. The van der Waals surface area contributed by atoms with Gasteiger partial charge in [0.25, 0.3) is 0 Å². The van der Waals surface area contributed by atoms with Crippen molar-refractivity contribution in [3.8, 4) is 0 Å². The number of carboxylic acids is 1. The van der Waals surface area contributed by atoms with E-state index in [-0.39, 0.29) is 64.7 Å². The topological polar surface area (TPSA) is 91.3 Å². The number of hydrogen-bond donors (Lipinski definition) is 0. The number of rotatable bonds is 4. The Bertz CT molecular complexity index is 756. The van der Waals surface area contributed by atoms with E-state index in [1.165, 1.54) is 0 Å². The number of Topliss-reactive ketones (excluding diaryl/α,β-unsaturated/α-hetero) is 3. The summed E-state index contributed by atoms with van der Waals surface area (Å²) in [5.74, 6) is 0.130. The maximum absolute atomic E-state index is 13.6. The molecule has 0 unspecified atom stereocenters. The highest BCUT2D eigenvalue weighted by atomic mass is 16.4. The highest BCUT2D eigenvalue weighted by Crippen LogP contribution is 2.66. The Balaban J connectivity index is 1.63. The van der Waals surface area contributed by atoms with Gasteiger partial charge in [-0.15, -0.1) is 0 Å². The third kappa shape index (κ3) is 3.02. The van der Waals surface area contributed by atoms with Crippen LogP contribution in [0.25, 0.3) is 0 Å². The van der Waals surface area contributed by atoms with E-state index in [4.69, 9.17) is 0 Å². The smallest absolute Gasteiger partial charge is 0.139 e. The van der Waals surface area contributed by atoms with Crippen LogP contribution in [-0.2, 0) is 19.2 Å². The molecule has 0 aromatic heterocycles. The largest absolute Gasteiger partial charge is 0.550 e. The Labute approximate surface area is 173 Å². The van der Waals surface area contributed by atoms with Crippen molar-refractivity contribution in [1.29, 1.82) is 0 Å². The summed E-state index contributed by atoms with van der Waals surface area (Å²) >= 11 is 0. The molecule has 4 aliphatic rings. The van der Waals surface area contributed by atoms with E-state index in [0.29, 0.717) is 32.1 Å². The van der Waals surface area contributed by atoms with Gasteiger partial charge in [0, 0.05) is 43.0 Å². The quantitative estimate of drug-likeness (QED) is 0.722. The molecule has 0 aliphatic heterocycles. The van der Waals surface area contributed by atoms with E-state index >= 15 is 0 Å². The van der Waals surface area contributed by atoms with Gasteiger partial charge in [-0.1, -0.05) is 20.8 Å². The zero-order valence-electron chi connectivity index (χ0n) is 17.9. The van der Waals surface area contributed by atoms with Crippen LogP contribution in [0.5, 0.6) is 0 Å². The first-order valence-corrected chi connectivity index (χ1v) is 11.4. The molecular formula is C24H33O5-. The summed E-state index contributed by atoms with van der Waals surface area (Å²) in [6, 6.07) is 0. The van der Waals surface area contributed by atoms with Gasteiger partial charge in [-0.05, 0) is 67.1 Å². The molecule has 0 N–H and O–H groups in total. The van der Waals surface area contributed by atoms with E-state index < -0.39 is 11.4 Å². The molecule has 0 aromatic rings. The molecule has 0 heterocycles. The van der Waals surface area contributed by atoms with Crippen LogP contribution in [0.3, 0.4) is 0 Å². The second-order valence-electron chi connectivity index (χ2n) is 10.8. The van der Waals surface area contributed by atoms with Gasteiger partial charge in [-0.2, -0.15) is 0 Å². The normalized spacial score (nSPS) is 45.3. The molecule has 8 atom stereocenters. The molecular weight excluding hydrogens is 368 g/mol. The zero-order valence-corrected chi connectivity index (χ0v) is 17.9. The first-order chi connectivity index (χ1) is 13.6. The molecule has 4 saturated carbocycles. The lowest BCUT2D eigenvalue weighted by atomic mass is 9.44. The molecule has 5 heteroatoms. The fourth-order valence-electron chi connectivity index (χ4n) is 7.94. The molecule has 4 fully saturated rings. The Morgan fingerprint density at radius 3 is 2.52 bits per heavy atom. The summed E-state index contributed by atoms with van der Waals surface area (Å²) in [4.78, 5) is 49.8. The van der Waals surface area contributed by atoms with Crippen LogP contribution >= 0.6 is 0 Å². The summed E-state index contributed by atoms with van der Waals surface area (Å²) in [5.41, 5.74) is -0.627. The van der Waals surface area contributed by atoms with Gasteiger partial charge in [0.2, 0.25) is 0 Å². The predicted octanol–water partition coefficient (Wildman–Crippen LogP) is 2.74. The van der Waals surface area contributed by atoms with Crippen LogP contribution in [0.15, 0.2) is 0 Å². The van der Waals surface area contributed by atoms with Crippen LogP contribution in [0.2, 0.25) is 0 Å². The Kier molecular flexibility index (Phi) is 5.02. The average Bonchev–Trinajstić information content (AvgIpc) is 3.01. The minimum atomic E-state index is -1.04. The van der Waals surface area contributed by atoms with Crippen molar-refractivity contribution in [3.63, 3.8) is 0 Å². The second-order valence-corrected chi connectivity index (χ2v) is 10.8. The molecule has 0 saturated heterocycles. The Morgan fingerprint density at radius 2 is 1.83 bits per heavy atom. The van der Waals surface area contributed by atoms with Gasteiger partial charge >= 0.3 is 0 Å². The summed E-state index contributed by atoms with van der Waals surface area (Å²) in [7, 11) is 0. The number of carbonyl (C=O) groups excluding carboxylic acids is 4. The third-order valence-electron chi connectivity index (χ3n) is 9.71. The Hall–Kier alpha value is -1.52. The van der Waals surface area contributed by atoms with Crippen LogP contribution in [0.4, 0.5) is 0 Å². The van der Waals surface area contributed by atoms with Crippen LogP contribution < -0.4 is 5.11 Å². The fourth-order valence-corrected chi connectivity index (χ4v) is 7.94. The van der Waals surface area contributed by atoms with Gasteiger partial charge in [0.1, 0.15) is 17.3 Å². The van der Waals surface area contributed by atoms with E-state index in [9.17, 15) is 24.3 Å². The third-order valence-corrected chi connectivity index (χ3v) is 9.71. The summed E-state index contributed by atoms with van der Waals surface area (Å²) in [5, 5.41) is 10.9. The van der Waals surface area contributed by atoms with Gasteiger partial charge in [0.05, 0.1) is 0 Å². The van der Waals surface area contributed by atoms with Crippen molar-refractivity contribution in [2.24, 2.45) is 46.3 Å². The molecule has 4 aliphatic carbocycles. The number of aliphatic carboxylic acids is 1. The molecule has 160 valence electrons. The van der Waals surface area contributed by atoms with E-state index in [2.05, 4.69) is 13.8 Å². The van der Waals surface area contributed by atoms with Crippen LogP contribution in [-0.4, -0.2) is 23.3 Å². The van der Waals surface area contributed by atoms with Crippen molar-refractivity contribution >= 4 is 23.3 Å². The van der Waals surface area contributed by atoms with Gasteiger partial charge < -0.3 is 9.90 Å². The number of carboxylic acid groups (broad SMARTS) is 1. The zero-order chi connectivity index (χ0) is 21.1. The predicted molar refractivity (Wildman–Crippen MR) is 104 cm³/mol. The molecule has 0 radical (unpaired) electrons. The molecule has 0 spiro atoms. The lowest BCUT2D eigenvalue weighted by Gasteiger charge is -2.58. The maximum Gasteiger partial charge on any atom is 0.139 e. The summed E-state index contributed by atoms with van der Waals surface area (Å²) in [6.07, 6.45) is 5.08. The first kappa shape index (κ1) is 20.7. The molecule has 4 rings (SSSR count). The standard InChI is InChI=1S/C24H34O5/c1-13(4-7-21(28)29)16-5-6-17-22-18(12-20(27)24(16,17)3)23(2)9-8-15(25)10-14(23)11-19(22)26/h13-14,16-18,22H,4-12H2,1-3H3,(H,28,29)/p-1/t13-,14+,16-,17-,18-,22+,23+,24-/m1/s1. The molecule has 0 bridgehead atoms. The van der Waals surface area contributed by atoms with Crippen molar-refractivity contribution in [2.75, 3.05) is 0 Å². The van der Waals surface area contributed by atoms with Crippen molar-refractivity contribution < 1.29 is 24.3 Å². The molecule has 5 nitrogen and oxygen atoms in total. The highest BCUT2D eigenvalue weighted by Gasteiger charge is 2.66. The molecule has 29 heavy (non-hydrogen) atoms. The average molecular weight is 402 g/mol. The molecule has 0 aromatic carbocycles. The second kappa shape index (κ2) is 7.02. The lowest BCUT2D eigenvalue weighted by molar-refractivity contribution is -0.306. The number of hydrogen-bond acceptors (Lipinski definition) is 5. The van der Waals surface area contributed by atoms with Gasteiger partial charge in [-0.3, -0.25) is 14.4 Å². The van der Waals surface area contributed by atoms with Crippen LogP contribution in [0, 0.1) is 46.3 Å². The lowest BCUT2D eigenvalue weighted by Crippen LogP contribution is -2.60. The minimum Gasteiger partial charge on any atom is -0.550 e. The van der Waals surface area contributed by atoms with E-state index in [1.807, 2.05) is 6.92 Å². The van der Waals surface area contributed by atoms with Crippen molar-refractivity contribution in [1.82, 2.24) is 0 Å². The highest BCUT2D eigenvalue weighted by molar-refractivity contribution is 5.93. The number of carbonyl (C=O) groups is 4. The van der Waals surface area contributed by atoms with Gasteiger partial charge in [0.15, 0.2) is 0 Å². The number of ketones is 3. The van der Waals surface area contributed by atoms with Crippen molar-refractivity contribution in [3.05, 3.63) is 0 Å². The first-order valence-electron chi connectivity index (χ1n) is 11.4. The molecule has 0 amide bonds. The fraction of sp³-hybridized carbons (Fsp3) is 0.833. The minimum absolute atomic E-state index is 0.0192. The monoisotopic (exact) mass is 401 g/mol. The Morgan fingerprint density at radius 1 is 1.10 bits per heavy atom. The van der Waals surface area contributed by atoms with E-state index in [0.717, 1.165) is 19.3 Å². The van der Waals surface area contributed by atoms with E-state index in [1.54, 1.807) is 0 Å². The summed E-state index contributed by atoms with van der Waals surface area (Å²) in [6.45, 7) is 6.32. The van der Waals surface area contributed by atoms with Gasteiger partial charge in [-0.25, -0.2) is 0 Å². The van der Waals surface area contributed by atoms with Crippen molar-refractivity contribution in [2.45, 2.75) is 78.6 Å². The summed E-state index contributed by atoms with van der Waals surface area (Å²) < 4.78 is 0. The maximum atomic E-state index is 13.6.